The van der Waals surface area contributed by atoms with Gasteiger partial charge in [-0.25, -0.2) is 4.98 Å². The molecule has 0 saturated carbocycles. The van der Waals surface area contributed by atoms with Crippen molar-refractivity contribution in [2.45, 2.75) is 6.92 Å². The monoisotopic (exact) mass is 281 g/mol. The summed E-state index contributed by atoms with van der Waals surface area (Å²) in [5, 5.41) is 8.81. The van der Waals surface area contributed by atoms with Crippen LogP contribution < -0.4 is 0 Å². The zero-order chi connectivity index (χ0) is 13.9. The van der Waals surface area contributed by atoms with Crippen LogP contribution in [0.2, 0.25) is 5.02 Å². The molecule has 0 radical (unpaired) electrons. The average molecular weight is 282 g/mol. The van der Waals surface area contributed by atoms with Gasteiger partial charge < -0.3 is 0 Å². The number of aromatic nitrogens is 3. The summed E-state index contributed by atoms with van der Waals surface area (Å²) in [7, 11) is 0. The maximum atomic E-state index is 5.88. The largest absolute Gasteiger partial charge is 0.225 e. The maximum absolute atomic E-state index is 5.88. The molecule has 0 aliphatic heterocycles. The maximum Gasteiger partial charge on any atom is 0.182 e. The zero-order valence-electron chi connectivity index (χ0n) is 10.9. The van der Waals surface area contributed by atoms with Crippen molar-refractivity contribution in [2.24, 2.45) is 0 Å². The molecule has 1 heterocycles. The first-order valence-electron chi connectivity index (χ1n) is 6.25. The predicted octanol–water partition coefficient (Wildman–Crippen LogP) is 4.17. The van der Waals surface area contributed by atoms with Crippen LogP contribution in [-0.4, -0.2) is 15.2 Å². The van der Waals surface area contributed by atoms with E-state index in [-0.39, 0.29) is 0 Å². The van der Waals surface area contributed by atoms with Crippen LogP contribution in [0.4, 0.5) is 0 Å². The van der Waals surface area contributed by atoms with E-state index in [1.54, 1.807) is 6.20 Å². The van der Waals surface area contributed by atoms with E-state index in [1.165, 1.54) is 5.56 Å². The van der Waals surface area contributed by atoms with Crippen molar-refractivity contribution in [2.75, 3.05) is 0 Å². The highest BCUT2D eigenvalue weighted by Gasteiger charge is 2.05. The Kier molecular flexibility index (Phi) is 3.44. The van der Waals surface area contributed by atoms with Crippen molar-refractivity contribution in [3.63, 3.8) is 0 Å². The second kappa shape index (κ2) is 5.39. The molecular weight excluding hydrogens is 270 g/mol. The first-order valence-corrected chi connectivity index (χ1v) is 6.63. The quantitative estimate of drug-likeness (QED) is 0.708. The van der Waals surface area contributed by atoms with Gasteiger partial charge in [0.1, 0.15) is 0 Å². The Bertz CT molecular complexity index is 661. The lowest BCUT2D eigenvalue weighted by Crippen LogP contribution is -1.94. The number of nitrogens with zero attached hydrogens (tertiary/aromatic N) is 3. The zero-order valence-corrected chi connectivity index (χ0v) is 11.7. The standard InChI is InChI=1S/C16H12ClN3/c1-11-2-4-12(5-3-11)15-10-18-20-16(19-15)13-6-8-14(17)9-7-13/h2-10H,1H3. The number of benzene rings is 2. The molecule has 4 heteroatoms. The smallest absolute Gasteiger partial charge is 0.182 e. The van der Waals surface area contributed by atoms with E-state index in [9.17, 15) is 0 Å². The van der Waals surface area contributed by atoms with Gasteiger partial charge in [0.2, 0.25) is 0 Å². The first-order chi connectivity index (χ1) is 9.72. The Hall–Kier alpha value is -2.26. The average Bonchev–Trinajstić information content (AvgIpc) is 2.49. The lowest BCUT2D eigenvalue weighted by Gasteiger charge is -2.04. The molecule has 0 saturated heterocycles. The molecular formula is C16H12ClN3. The van der Waals surface area contributed by atoms with Crippen LogP contribution in [0.1, 0.15) is 5.56 Å². The van der Waals surface area contributed by atoms with E-state index in [4.69, 9.17) is 11.6 Å². The fourth-order valence-electron chi connectivity index (χ4n) is 1.89. The first kappa shape index (κ1) is 12.8. The molecule has 3 rings (SSSR count). The summed E-state index contributed by atoms with van der Waals surface area (Å²) in [5.41, 5.74) is 3.95. The summed E-state index contributed by atoms with van der Waals surface area (Å²) < 4.78 is 0. The van der Waals surface area contributed by atoms with Crippen LogP contribution in [0.25, 0.3) is 22.6 Å². The summed E-state index contributed by atoms with van der Waals surface area (Å²) in [4.78, 5) is 4.56. The molecule has 0 aliphatic carbocycles. The van der Waals surface area contributed by atoms with Crippen LogP contribution in [0.5, 0.6) is 0 Å². The summed E-state index contributed by atoms with van der Waals surface area (Å²) >= 11 is 5.88. The minimum absolute atomic E-state index is 0.597. The van der Waals surface area contributed by atoms with Crippen LogP contribution in [0, 0.1) is 6.92 Å². The highest BCUT2D eigenvalue weighted by molar-refractivity contribution is 6.30. The molecule has 3 nitrogen and oxygen atoms in total. The molecule has 20 heavy (non-hydrogen) atoms. The minimum Gasteiger partial charge on any atom is -0.225 e. The van der Waals surface area contributed by atoms with Gasteiger partial charge >= 0.3 is 0 Å². The van der Waals surface area contributed by atoms with Crippen LogP contribution in [-0.2, 0) is 0 Å². The van der Waals surface area contributed by atoms with Crippen LogP contribution >= 0.6 is 11.6 Å². The summed E-state index contributed by atoms with van der Waals surface area (Å²) in [6.07, 6.45) is 1.67. The normalized spacial score (nSPS) is 10.5. The van der Waals surface area contributed by atoms with Gasteiger partial charge in [0.25, 0.3) is 0 Å². The highest BCUT2D eigenvalue weighted by atomic mass is 35.5. The van der Waals surface area contributed by atoms with Gasteiger partial charge in [-0.1, -0.05) is 41.4 Å². The number of aryl methyl sites for hydroxylation is 1. The van der Waals surface area contributed by atoms with E-state index < -0.39 is 0 Å². The molecule has 1 aromatic heterocycles. The summed E-state index contributed by atoms with van der Waals surface area (Å²) in [5.74, 6) is 0.597. The van der Waals surface area contributed by atoms with Crippen molar-refractivity contribution in [1.82, 2.24) is 15.2 Å². The molecule has 0 amide bonds. The molecule has 3 aromatic rings. The number of rotatable bonds is 2. The van der Waals surface area contributed by atoms with Gasteiger partial charge in [-0.05, 0) is 31.2 Å². The lowest BCUT2D eigenvalue weighted by molar-refractivity contribution is 0.984. The van der Waals surface area contributed by atoms with Gasteiger partial charge in [0.15, 0.2) is 5.82 Å². The lowest BCUT2D eigenvalue weighted by atomic mass is 10.1. The van der Waals surface area contributed by atoms with Gasteiger partial charge in [0, 0.05) is 16.1 Å². The fourth-order valence-corrected chi connectivity index (χ4v) is 2.01. The second-order valence-electron chi connectivity index (χ2n) is 4.54. The molecule has 0 aliphatic rings. The van der Waals surface area contributed by atoms with E-state index in [0.717, 1.165) is 16.8 Å². The number of hydrogen-bond donors (Lipinski definition) is 0. The van der Waals surface area contributed by atoms with Crippen molar-refractivity contribution >= 4 is 11.6 Å². The van der Waals surface area contributed by atoms with E-state index in [1.807, 2.05) is 36.4 Å². The van der Waals surface area contributed by atoms with Crippen LogP contribution in [0.15, 0.2) is 54.7 Å². The molecule has 0 N–H and O–H groups in total. The number of halogens is 1. The Morgan fingerprint density at radius 3 is 2.20 bits per heavy atom. The van der Waals surface area contributed by atoms with Crippen molar-refractivity contribution in [3.05, 3.63) is 65.3 Å². The Balaban J connectivity index is 2.01. The molecule has 0 atom stereocenters. The third-order valence-corrected chi connectivity index (χ3v) is 3.26. The second-order valence-corrected chi connectivity index (χ2v) is 4.97. The van der Waals surface area contributed by atoms with Crippen molar-refractivity contribution < 1.29 is 0 Å². The third-order valence-electron chi connectivity index (χ3n) is 3.01. The Labute approximate surface area is 122 Å². The van der Waals surface area contributed by atoms with E-state index in [0.29, 0.717) is 10.8 Å². The van der Waals surface area contributed by atoms with Crippen molar-refractivity contribution in [1.29, 1.82) is 0 Å². The molecule has 0 fully saturated rings. The molecule has 0 spiro atoms. The van der Waals surface area contributed by atoms with Crippen molar-refractivity contribution in [3.8, 4) is 22.6 Å². The molecule has 0 bridgehead atoms. The van der Waals surface area contributed by atoms with E-state index in [2.05, 4.69) is 34.2 Å². The van der Waals surface area contributed by atoms with Gasteiger partial charge in [-0.2, -0.15) is 5.10 Å². The van der Waals surface area contributed by atoms with Crippen LogP contribution in [0.3, 0.4) is 0 Å². The topological polar surface area (TPSA) is 38.7 Å². The van der Waals surface area contributed by atoms with Gasteiger partial charge in [-0.15, -0.1) is 5.10 Å². The molecule has 98 valence electrons. The summed E-state index contributed by atoms with van der Waals surface area (Å²) in [6.45, 7) is 2.06. The fraction of sp³-hybridized carbons (Fsp3) is 0.0625. The Morgan fingerprint density at radius 2 is 1.50 bits per heavy atom. The minimum atomic E-state index is 0.597. The van der Waals surface area contributed by atoms with Gasteiger partial charge in [0.05, 0.1) is 11.9 Å². The predicted molar refractivity (Wildman–Crippen MR) is 80.4 cm³/mol. The summed E-state index contributed by atoms with van der Waals surface area (Å²) in [6, 6.07) is 15.6. The third kappa shape index (κ3) is 2.68. The SMILES string of the molecule is Cc1ccc(-c2cnnc(-c3ccc(Cl)cc3)n2)cc1. The molecule has 2 aromatic carbocycles. The van der Waals surface area contributed by atoms with Gasteiger partial charge in [-0.3, -0.25) is 0 Å². The van der Waals surface area contributed by atoms with E-state index >= 15 is 0 Å². The highest BCUT2D eigenvalue weighted by Crippen LogP contribution is 2.21. The molecule has 0 unspecified atom stereocenters. The number of hydrogen-bond acceptors (Lipinski definition) is 3. The Morgan fingerprint density at radius 1 is 0.850 bits per heavy atom.